The molecular formula is C18H18NO3-. The molecule has 1 heterocycles. The molecule has 3 rings (SSSR count). The molecule has 2 aromatic carbocycles. The van der Waals surface area contributed by atoms with E-state index in [4.69, 9.17) is 0 Å². The standard InChI is InChI=1S/C18H19NO3/c20-17(6-3-7-18(21)22)13-10-15-14-5-2-1-4-12(14)8-9-16(15)19-11-13/h1-2,4-5,8-9,13,19H,3,6-7,10-11H2,(H,21,22)/p-1/t13-/m0/s1. The van der Waals surface area contributed by atoms with Gasteiger partial charge in [0, 0.05) is 30.5 Å². The first-order chi connectivity index (χ1) is 10.6. The quantitative estimate of drug-likeness (QED) is 0.915. The number of benzene rings is 2. The lowest BCUT2D eigenvalue weighted by molar-refractivity contribution is -0.305. The summed E-state index contributed by atoms with van der Waals surface area (Å²) in [4.78, 5) is 22.7. The summed E-state index contributed by atoms with van der Waals surface area (Å²) in [6.45, 7) is 0.621. The van der Waals surface area contributed by atoms with Crippen molar-refractivity contribution in [1.29, 1.82) is 0 Å². The summed E-state index contributed by atoms with van der Waals surface area (Å²) in [6, 6.07) is 12.3. The van der Waals surface area contributed by atoms with Crippen molar-refractivity contribution in [2.45, 2.75) is 25.7 Å². The minimum Gasteiger partial charge on any atom is -0.550 e. The highest BCUT2D eigenvalue weighted by Crippen LogP contribution is 2.32. The summed E-state index contributed by atoms with van der Waals surface area (Å²) in [6.07, 6.45) is 1.33. The molecule has 0 bridgehead atoms. The van der Waals surface area contributed by atoms with Crippen molar-refractivity contribution in [3.05, 3.63) is 42.0 Å². The van der Waals surface area contributed by atoms with Gasteiger partial charge in [0.1, 0.15) is 5.78 Å². The van der Waals surface area contributed by atoms with Gasteiger partial charge >= 0.3 is 0 Å². The minimum absolute atomic E-state index is 0.0502. The number of fused-ring (bicyclic) bond motifs is 3. The highest BCUT2D eigenvalue weighted by Gasteiger charge is 2.25. The van der Waals surface area contributed by atoms with E-state index in [9.17, 15) is 14.7 Å². The third kappa shape index (κ3) is 2.96. The molecule has 0 radical (unpaired) electrons. The van der Waals surface area contributed by atoms with Crippen LogP contribution in [0.1, 0.15) is 24.8 Å². The van der Waals surface area contributed by atoms with E-state index in [2.05, 4.69) is 29.6 Å². The van der Waals surface area contributed by atoms with E-state index in [0.717, 1.165) is 5.69 Å². The van der Waals surface area contributed by atoms with Gasteiger partial charge in [-0.3, -0.25) is 4.79 Å². The van der Waals surface area contributed by atoms with Crippen molar-refractivity contribution in [3.8, 4) is 0 Å². The Bertz CT molecular complexity index is 723. The molecule has 0 unspecified atom stereocenters. The van der Waals surface area contributed by atoms with Gasteiger partial charge in [0.15, 0.2) is 0 Å². The first-order valence-electron chi connectivity index (χ1n) is 7.62. The van der Waals surface area contributed by atoms with Crippen LogP contribution in [0.5, 0.6) is 0 Å². The predicted molar refractivity (Wildman–Crippen MR) is 83.5 cm³/mol. The van der Waals surface area contributed by atoms with E-state index in [1.54, 1.807) is 0 Å². The van der Waals surface area contributed by atoms with Crippen LogP contribution in [0, 0.1) is 5.92 Å². The van der Waals surface area contributed by atoms with Gasteiger partial charge in [-0.15, -0.1) is 0 Å². The summed E-state index contributed by atoms with van der Waals surface area (Å²) in [5.74, 6) is -1.04. The van der Waals surface area contributed by atoms with Crippen LogP contribution in [0.4, 0.5) is 5.69 Å². The van der Waals surface area contributed by atoms with Crippen LogP contribution in [-0.2, 0) is 16.0 Å². The fourth-order valence-electron chi connectivity index (χ4n) is 3.11. The number of aliphatic carboxylic acids is 1. The third-order valence-corrected chi connectivity index (χ3v) is 4.29. The monoisotopic (exact) mass is 296 g/mol. The van der Waals surface area contributed by atoms with Gasteiger partial charge in [-0.1, -0.05) is 30.3 Å². The Balaban J connectivity index is 1.76. The molecule has 4 nitrogen and oxygen atoms in total. The van der Waals surface area contributed by atoms with Crippen LogP contribution in [0.2, 0.25) is 0 Å². The summed E-state index contributed by atoms with van der Waals surface area (Å²) >= 11 is 0. The molecule has 1 aliphatic heterocycles. The number of carbonyl (C=O) groups excluding carboxylic acids is 2. The number of Topliss-reactive ketones (excluding diaryl/α,β-unsaturated/α-hetero) is 1. The number of anilines is 1. The molecule has 0 fully saturated rings. The molecule has 1 atom stereocenters. The SMILES string of the molecule is O=C([O-])CCCC(=O)[C@@H]1CNc2ccc3ccccc3c2C1. The summed E-state index contributed by atoms with van der Waals surface area (Å²) < 4.78 is 0. The fourth-order valence-corrected chi connectivity index (χ4v) is 3.11. The van der Waals surface area contributed by atoms with E-state index < -0.39 is 5.97 Å². The second-order valence-electron chi connectivity index (χ2n) is 5.79. The molecule has 1 N–H and O–H groups in total. The van der Waals surface area contributed by atoms with Crippen molar-refractivity contribution in [2.75, 3.05) is 11.9 Å². The highest BCUT2D eigenvalue weighted by molar-refractivity contribution is 5.92. The van der Waals surface area contributed by atoms with E-state index in [0.29, 0.717) is 25.8 Å². The molecule has 0 spiro atoms. The van der Waals surface area contributed by atoms with Crippen molar-refractivity contribution >= 4 is 28.2 Å². The Hall–Kier alpha value is -2.36. The molecule has 1 aliphatic rings. The number of hydrogen-bond donors (Lipinski definition) is 1. The zero-order valence-corrected chi connectivity index (χ0v) is 12.3. The third-order valence-electron chi connectivity index (χ3n) is 4.29. The first kappa shape index (κ1) is 14.6. The fraction of sp³-hybridized carbons (Fsp3) is 0.333. The Morgan fingerprint density at radius 1 is 1.14 bits per heavy atom. The maximum Gasteiger partial charge on any atom is 0.138 e. The van der Waals surface area contributed by atoms with E-state index in [1.807, 2.05) is 12.1 Å². The van der Waals surface area contributed by atoms with Gasteiger partial charge in [-0.25, -0.2) is 0 Å². The van der Waals surface area contributed by atoms with Crippen LogP contribution in [-0.4, -0.2) is 18.3 Å². The lowest BCUT2D eigenvalue weighted by atomic mass is 9.86. The second-order valence-corrected chi connectivity index (χ2v) is 5.79. The van der Waals surface area contributed by atoms with Crippen molar-refractivity contribution in [3.63, 3.8) is 0 Å². The average molecular weight is 296 g/mol. The molecule has 0 saturated heterocycles. The number of rotatable bonds is 5. The van der Waals surface area contributed by atoms with Gasteiger partial charge in [0.2, 0.25) is 0 Å². The summed E-state index contributed by atoms with van der Waals surface area (Å²) in [7, 11) is 0. The molecular weight excluding hydrogens is 278 g/mol. The molecule has 114 valence electrons. The minimum atomic E-state index is -1.09. The zero-order chi connectivity index (χ0) is 15.5. The highest BCUT2D eigenvalue weighted by atomic mass is 16.4. The Morgan fingerprint density at radius 3 is 2.77 bits per heavy atom. The first-order valence-corrected chi connectivity index (χ1v) is 7.62. The van der Waals surface area contributed by atoms with Crippen molar-refractivity contribution in [1.82, 2.24) is 0 Å². The van der Waals surface area contributed by atoms with E-state index in [1.165, 1.54) is 16.3 Å². The molecule has 22 heavy (non-hydrogen) atoms. The van der Waals surface area contributed by atoms with Crippen molar-refractivity contribution < 1.29 is 14.7 Å². The maximum absolute atomic E-state index is 12.3. The van der Waals surface area contributed by atoms with Crippen molar-refractivity contribution in [2.24, 2.45) is 5.92 Å². The van der Waals surface area contributed by atoms with Gasteiger partial charge in [-0.05, 0) is 41.7 Å². The Morgan fingerprint density at radius 2 is 1.95 bits per heavy atom. The van der Waals surface area contributed by atoms with Crippen LogP contribution in [0.15, 0.2) is 36.4 Å². The second kappa shape index (κ2) is 6.18. The normalized spacial score (nSPS) is 16.8. The lowest BCUT2D eigenvalue weighted by Gasteiger charge is -2.26. The molecule has 0 saturated carbocycles. The molecule has 0 aliphatic carbocycles. The molecule has 2 aromatic rings. The van der Waals surface area contributed by atoms with Crippen LogP contribution >= 0.6 is 0 Å². The predicted octanol–water partition coefficient (Wildman–Crippen LogP) is 1.91. The Kier molecular flexibility index (Phi) is 4.09. The largest absolute Gasteiger partial charge is 0.550 e. The molecule has 0 amide bonds. The summed E-state index contributed by atoms with van der Waals surface area (Å²) in [5.41, 5.74) is 2.28. The van der Waals surface area contributed by atoms with Crippen LogP contribution in [0.3, 0.4) is 0 Å². The smallest absolute Gasteiger partial charge is 0.138 e. The maximum atomic E-state index is 12.3. The van der Waals surface area contributed by atoms with Gasteiger partial charge in [0.05, 0.1) is 0 Å². The average Bonchev–Trinajstić information content (AvgIpc) is 2.53. The van der Waals surface area contributed by atoms with Gasteiger partial charge in [-0.2, -0.15) is 0 Å². The van der Waals surface area contributed by atoms with Gasteiger partial charge < -0.3 is 15.2 Å². The number of carboxylic acids is 1. The molecule has 0 aromatic heterocycles. The van der Waals surface area contributed by atoms with Crippen LogP contribution in [0.25, 0.3) is 10.8 Å². The van der Waals surface area contributed by atoms with E-state index >= 15 is 0 Å². The number of ketones is 1. The number of carbonyl (C=O) groups is 2. The number of nitrogens with one attached hydrogen (secondary N) is 1. The number of hydrogen-bond acceptors (Lipinski definition) is 4. The summed E-state index contributed by atoms with van der Waals surface area (Å²) in [5, 5.41) is 16.1. The number of carboxylic acid groups (broad SMARTS) is 1. The zero-order valence-electron chi connectivity index (χ0n) is 12.3. The van der Waals surface area contributed by atoms with Gasteiger partial charge in [0.25, 0.3) is 0 Å². The lowest BCUT2D eigenvalue weighted by Crippen LogP contribution is -2.30. The topological polar surface area (TPSA) is 69.2 Å². The molecule has 4 heteroatoms. The van der Waals surface area contributed by atoms with E-state index in [-0.39, 0.29) is 18.1 Å². The Labute approximate surface area is 129 Å². The van der Waals surface area contributed by atoms with Crippen LogP contribution < -0.4 is 10.4 Å².